The van der Waals surface area contributed by atoms with Crippen molar-refractivity contribution in [3.63, 3.8) is 0 Å². The molecular weight excluding hydrogens is 398 g/mol. The third-order valence-corrected chi connectivity index (χ3v) is 5.71. The predicted octanol–water partition coefficient (Wildman–Crippen LogP) is 0.354. The van der Waals surface area contributed by atoms with E-state index in [1.807, 2.05) is 6.92 Å². The number of aryl methyl sites for hydroxylation is 2. The van der Waals surface area contributed by atoms with E-state index in [0.717, 1.165) is 11.1 Å². The van der Waals surface area contributed by atoms with Crippen LogP contribution in [0.5, 0.6) is 0 Å². The highest BCUT2D eigenvalue weighted by molar-refractivity contribution is 7.89. The minimum atomic E-state index is -3.96. The first-order valence-corrected chi connectivity index (χ1v) is 10.6. The minimum Gasteiger partial charge on any atom is -0.454 e. The van der Waals surface area contributed by atoms with Gasteiger partial charge in [-0.2, -0.15) is 4.72 Å². The molecule has 29 heavy (non-hydrogen) atoms. The van der Waals surface area contributed by atoms with Crippen LogP contribution in [0.2, 0.25) is 0 Å². The molecule has 162 valence electrons. The molecule has 0 aliphatic heterocycles. The van der Waals surface area contributed by atoms with E-state index >= 15 is 0 Å². The van der Waals surface area contributed by atoms with E-state index in [1.165, 1.54) is 17.0 Å². The molecule has 0 aliphatic rings. The number of carbonyl (C=O) groups is 3. The fraction of sp³-hybridized carbons (Fsp3) is 0.526. The van der Waals surface area contributed by atoms with Gasteiger partial charge < -0.3 is 15.0 Å². The molecule has 9 nitrogen and oxygen atoms in total. The molecule has 0 spiro atoms. The Morgan fingerprint density at radius 1 is 1.10 bits per heavy atom. The van der Waals surface area contributed by atoms with Crippen molar-refractivity contribution in [1.82, 2.24) is 14.9 Å². The third-order valence-electron chi connectivity index (χ3n) is 4.27. The average Bonchev–Trinajstić information content (AvgIpc) is 2.63. The van der Waals surface area contributed by atoms with Crippen LogP contribution in [0.25, 0.3) is 0 Å². The Balaban J connectivity index is 2.76. The van der Waals surface area contributed by atoms with Crippen molar-refractivity contribution in [3.8, 4) is 0 Å². The van der Waals surface area contributed by atoms with Gasteiger partial charge >= 0.3 is 5.97 Å². The third kappa shape index (κ3) is 7.47. The number of amides is 2. The first-order valence-electron chi connectivity index (χ1n) is 9.08. The number of nitrogens with zero attached hydrogens (tertiary/aromatic N) is 1. The molecule has 0 aromatic heterocycles. The van der Waals surface area contributed by atoms with Crippen LogP contribution in [0.1, 0.15) is 25.0 Å². The van der Waals surface area contributed by atoms with Gasteiger partial charge in [-0.1, -0.05) is 19.9 Å². The largest absolute Gasteiger partial charge is 0.454 e. The molecule has 0 bridgehead atoms. The van der Waals surface area contributed by atoms with Gasteiger partial charge in [0.1, 0.15) is 6.04 Å². The second-order valence-electron chi connectivity index (χ2n) is 7.26. The summed E-state index contributed by atoms with van der Waals surface area (Å²) in [7, 11) is -0.870. The smallest absolute Gasteiger partial charge is 0.324 e. The fourth-order valence-corrected chi connectivity index (χ4v) is 3.60. The van der Waals surface area contributed by atoms with Crippen molar-refractivity contribution in [2.75, 3.05) is 27.2 Å². The number of hydrogen-bond donors (Lipinski definition) is 2. The molecule has 1 atom stereocenters. The Labute approximate surface area is 171 Å². The van der Waals surface area contributed by atoms with E-state index in [-0.39, 0.29) is 17.3 Å². The molecule has 1 aromatic carbocycles. The lowest BCUT2D eigenvalue weighted by atomic mass is 10.1. The van der Waals surface area contributed by atoms with Crippen molar-refractivity contribution in [3.05, 3.63) is 29.3 Å². The Morgan fingerprint density at radius 2 is 1.72 bits per heavy atom. The molecule has 0 heterocycles. The van der Waals surface area contributed by atoms with Gasteiger partial charge in [0, 0.05) is 14.1 Å². The van der Waals surface area contributed by atoms with Crippen molar-refractivity contribution in [1.29, 1.82) is 0 Å². The van der Waals surface area contributed by atoms with Gasteiger partial charge in [-0.25, -0.2) is 8.42 Å². The number of sulfonamides is 1. The molecule has 1 rings (SSSR count). The van der Waals surface area contributed by atoms with Crippen molar-refractivity contribution < 1.29 is 27.5 Å². The molecule has 0 saturated carbocycles. The molecule has 0 aliphatic carbocycles. The Hall–Kier alpha value is -2.46. The minimum absolute atomic E-state index is 0.0407. The molecule has 0 radical (unpaired) electrons. The highest BCUT2D eigenvalue weighted by atomic mass is 32.2. The molecule has 2 amide bonds. The highest BCUT2D eigenvalue weighted by Crippen LogP contribution is 2.16. The number of carbonyl (C=O) groups excluding carboxylic acids is 3. The summed E-state index contributed by atoms with van der Waals surface area (Å²) >= 11 is 0. The van der Waals surface area contributed by atoms with Crippen molar-refractivity contribution in [2.24, 2.45) is 5.92 Å². The van der Waals surface area contributed by atoms with Crippen LogP contribution in [0.15, 0.2) is 23.1 Å². The van der Waals surface area contributed by atoms with Gasteiger partial charge in [0.25, 0.3) is 5.91 Å². The summed E-state index contributed by atoms with van der Waals surface area (Å²) < 4.78 is 32.6. The van der Waals surface area contributed by atoms with E-state index in [4.69, 9.17) is 4.74 Å². The molecule has 0 saturated heterocycles. The van der Waals surface area contributed by atoms with Gasteiger partial charge in [-0.15, -0.1) is 0 Å². The lowest BCUT2D eigenvalue weighted by molar-refractivity contribution is -0.151. The van der Waals surface area contributed by atoms with Crippen LogP contribution < -0.4 is 10.0 Å². The second-order valence-corrected chi connectivity index (χ2v) is 8.98. The first kappa shape index (κ1) is 24.6. The van der Waals surface area contributed by atoms with E-state index in [1.54, 1.807) is 40.9 Å². The van der Waals surface area contributed by atoms with Gasteiger partial charge in [-0.05, 0) is 43.0 Å². The maximum atomic E-state index is 12.7. The Morgan fingerprint density at radius 3 is 2.24 bits per heavy atom. The topological polar surface area (TPSA) is 122 Å². The zero-order valence-corrected chi connectivity index (χ0v) is 18.4. The van der Waals surface area contributed by atoms with Crippen LogP contribution in [-0.4, -0.2) is 64.4 Å². The molecule has 10 heteroatoms. The van der Waals surface area contributed by atoms with Crippen LogP contribution in [0, 0.1) is 19.8 Å². The zero-order chi connectivity index (χ0) is 22.4. The summed E-state index contributed by atoms with van der Waals surface area (Å²) in [4.78, 5) is 36.9. The van der Waals surface area contributed by atoms with Gasteiger partial charge in [0.15, 0.2) is 6.61 Å². The van der Waals surface area contributed by atoms with Crippen molar-refractivity contribution >= 4 is 27.8 Å². The number of benzene rings is 1. The standard InChI is InChI=1S/C19H29N3O6S/c1-12(2)18(19(25)28-11-16(23)20-10-17(24)22(5)6)21-29(26,27)15-8-7-13(3)14(4)9-15/h7-9,12,18,21H,10-11H2,1-6H3,(H,20,23)/t18-/m1/s1. The van der Waals surface area contributed by atoms with Crippen LogP contribution in [-0.2, 0) is 29.1 Å². The predicted molar refractivity (Wildman–Crippen MR) is 108 cm³/mol. The number of likely N-dealkylation sites (N-methyl/N-ethyl adjacent to an activating group) is 1. The number of nitrogens with one attached hydrogen (secondary N) is 2. The molecule has 2 N–H and O–H groups in total. The number of rotatable bonds is 9. The molecule has 1 aromatic rings. The van der Waals surface area contributed by atoms with E-state index < -0.39 is 40.5 Å². The average molecular weight is 428 g/mol. The maximum absolute atomic E-state index is 12.7. The van der Waals surface area contributed by atoms with E-state index in [2.05, 4.69) is 10.0 Å². The van der Waals surface area contributed by atoms with Gasteiger partial charge in [0.05, 0.1) is 11.4 Å². The summed E-state index contributed by atoms with van der Waals surface area (Å²) in [6.45, 7) is 6.13. The first-order chi connectivity index (χ1) is 13.3. The summed E-state index contributed by atoms with van der Waals surface area (Å²) in [6, 6.07) is 3.50. The van der Waals surface area contributed by atoms with E-state index in [0.29, 0.717) is 0 Å². The number of hydrogen-bond acceptors (Lipinski definition) is 6. The Kier molecular flexibility index (Phi) is 8.78. The number of esters is 1. The van der Waals surface area contributed by atoms with Crippen LogP contribution in [0.4, 0.5) is 0 Å². The maximum Gasteiger partial charge on any atom is 0.324 e. The summed E-state index contributed by atoms with van der Waals surface area (Å²) in [5.74, 6) is -2.26. The number of ether oxygens (including phenoxy) is 1. The quantitative estimate of drug-likeness (QED) is 0.549. The lowest BCUT2D eigenvalue weighted by Crippen LogP contribution is -2.46. The summed E-state index contributed by atoms with van der Waals surface area (Å²) in [6.07, 6.45) is 0. The van der Waals surface area contributed by atoms with Crippen LogP contribution >= 0.6 is 0 Å². The second kappa shape index (κ2) is 10.4. The fourth-order valence-electron chi connectivity index (χ4n) is 2.18. The summed E-state index contributed by atoms with van der Waals surface area (Å²) in [5, 5.41) is 2.33. The van der Waals surface area contributed by atoms with Crippen LogP contribution in [0.3, 0.4) is 0 Å². The van der Waals surface area contributed by atoms with Gasteiger partial charge in [0.2, 0.25) is 15.9 Å². The SMILES string of the molecule is Cc1ccc(S(=O)(=O)N[C@@H](C(=O)OCC(=O)NCC(=O)N(C)C)C(C)C)cc1C. The molecule has 0 unspecified atom stereocenters. The molecule has 0 fully saturated rings. The van der Waals surface area contributed by atoms with Crippen molar-refractivity contribution in [2.45, 2.75) is 38.6 Å². The highest BCUT2D eigenvalue weighted by Gasteiger charge is 2.30. The monoisotopic (exact) mass is 427 g/mol. The Bertz CT molecular complexity index is 865. The zero-order valence-electron chi connectivity index (χ0n) is 17.6. The summed E-state index contributed by atoms with van der Waals surface area (Å²) in [5.41, 5.74) is 1.75. The van der Waals surface area contributed by atoms with E-state index in [9.17, 15) is 22.8 Å². The van der Waals surface area contributed by atoms with Gasteiger partial charge in [-0.3, -0.25) is 14.4 Å². The molecular formula is C19H29N3O6S. The normalized spacial score (nSPS) is 12.4. The lowest BCUT2D eigenvalue weighted by Gasteiger charge is -2.21.